The van der Waals surface area contributed by atoms with Crippen LogP contribution in [0.25, 0.3) is 0 Å². The minimum absolute atomic E-state index is 0.310. The van der Waals surface area contributed by atoms with Gasteiger partial charge in [0.05, 0.1) is 23.0 Å². The molecule has 114 valence electrons. The van der Waals surface area contributed by atoms with Crippen LogP contribution in [-0.4, -0.2) is 21.6 Å². The lowest BCUT2D eigenvalue weighted by molar-refractivity contribution is -0.128. The van der Waals surface area contributed by atoms with Crippen LogP contribution in [0.2, 0.25) is 0 Å². The summed E-state index contributed by atoms with van der Waals surface area (Å²) >= 11 is 3.36. The first-order valence-electron chi connectivity index (χ1n) is 6.88. The van der Waals surface area contributed by atoms with Crippen molar-refractivity contribution in [3.8, 4) is 18.2 Å². The molecule has 2 aliphatic rings. The van der Waals surface area contributed by atoms with Crippen LogP contribution in [0, 0.1) is 44.8 Å². The number of nitriles is 3. The van der Waals surface area contributed by atoms with Crippen LogP contribution < -0.4 is 5.32 Å². The van der Waals surface area contributed by atoms with E-state index in [0.29, 0.717) is 5.56 Å². The van der Waals surface area contributed by atoms with Crippen molar-refractivity contribution in [3.63, 3.8) is 0 Å². The summed E-state index contributed by atoms with van der Waals surface area (Å²) in [6, 6.07) is 14.4. The number of hydrogen-bond acceptors (Lipinski definition) is 5. The number of carbonyl (C=O) groups is 1. The van der Waals surface area contributed by atoms with Gasteiger partial charge < -0.3 is 10.4 Å². The van der Waals surface area contributed by atoms with E-state index < -0.39 is 33.2 Å². The summed E-state index contributed by atoms with van der Waals surface area (Å²) in [7, 11) is 0. The molecule has 1 amide bonds. The third kappa shape index (κ3) is 1.65. The number of nitrogens with one attached hydrogen (secondary N) is 1. The second-order valence-electron chi connectivity index (χ2n) is 5.89. The lowest BCUT2D eigenvalue weighted by Gasteiger charge is -2.47. The molecule has 0 aromatic heterocycles. The fourth-order valence-corrected chi connectivity index (χ4v) is 4.67. The molecule has 2 bridgehead atoms. The number of alkyl halides is 1. The third-order valence-corrected chi connectivity index (χ3v) is 6.13. The molecule has 1 saturated carbocycles. The highest BCUT2D eigenvalue weighted by atomic mass is 79.9. The fourth-order valence-electron chi connectivity index (χ4n) is 3.69. The van der Waals surface area contributed by atoms with E-state index in [1.807, 2.05) is 18.2 Å². The first-order chi connectivity index (χ1) is 10.9. The second kappa shape index (κ2) is 4.80. The van der Waals surface area contributed by atoms with Crippen molar-refractivity contribution in [1.29, 1.82) is 15.8 Å². The van der Waals surface area contributed by atoms with Gasteiger partial charge in [-0.05, 0) is 5.56 Å². The van der Waals surface area contributed by atoms with E-state index in [-0.39, 0.29) is 6.42 Å². The van der Waals surface area contributed by atoms with Crippen LogP contribution in [-0.2, 0) is 4.79 Å². The van der Waals surface area contributed by atoms with E-state index >= 15 is 0 Å². The van der Waals surface area contributed by atoms with Gasteiger partial charge in [0.1, 0.15) is 0 Å². The number of aliphatic hydroxyl groups is 1. The molecule has 1 heterocycles. The van der Waals surface area contributed by atoms with Crippen molar-refractivity contribution in [2.75, 3.05) is 0 Å². The third-order valence-electron chi connectivity index (χ3n) is 4.84. The van der Waals surface area contributed by atoms with Gasteiger partial charge in [0.2, 0.25) is 5.91 Å². The van der Waals surface area contributed by atoms with Gasteiger partial charge >= 0.3 is 0 Å². The second-order valence-corrected chi connectivity index (χ2v) is 6.88. The maximum Gasteiger partial charge on any atom is 0.245 e. The van der Waals surface area contributed by atoms with Gasteiger partial charge in [-0.15, -0.1) is 0 Å². The Labute approximate surface area is 141 Å². The molecule has 1 saturated heterocycles. The van der Waals surface area contributed by atoms with Gasteiger partial charge in [-0.25, -0.2) is 0 Å². The normalized spacial score (nSPS) is 37.1. The van der Waals surface area contributed by atoms with Crippen LogP contribution in [0.5, 0.6) is 0 Å². The zero-order valence-electron chi connectivity index (χ0n) is 11.8. The Morgan fingerprint density at radius 2 is 1.78 bits per heavy atom. The molecule has 23 heavy (non-hydrogen) atoms. The molecule has 0 radical (unpaired) electrons. The smallest absolute Gasteiger partial charge is 0.245 e. The van der Waals surface area contributed by atoms with Crippen molar-refractivity contribution in [1.82, 2.24) is 5.32 Å². The van der Waals surface area contributed by atoms with Gasteiger partial charge in [0, 0.05) is 12.3 Å². The molecule has 1 aliphatic carbocycles. The molecule has 1 aromatic carbocycles. The first-order valence-corrected chi connectivity index (χ1v) is 7.80. The molecular formula is C16H11BrN4O2. The molecule has 2 fully saturated rings. The highest BCUT2D eigenvalue weighted by molar-refractivity contribution is 9.09. The average molecular weight is 371 g/mol. The molecule has 0 unspecified atom stereocenters. The molecule has 4 atom stereocenters. The summed E-state index contributed by atoms with van der Waals surface area (Å²) in [5, 5.41) is 42.4. The maximum atomic E-state index is 12.5. The molecule has 0 spiro atoms. The number of carbonyl (C=O) groups excluding carboxylic acids is 1. The zero-order chi connectivity index (χ0) is 16.9. The molecular weight excluding hydrogens is 360 g/mol. The van der Waals surface area contributed by atoms with Crippen LogP contribution >= 0.6 is 15.9 Å². The minimum atomic E-state index is -1.92. The van der Waals surface area contributed by atoms with Crippen LogP contribution in [0.15, 0.2) is 30.3 Å². The Morgan fingerprint density at radius 1 is 1.17 bits per heavy atom. The van der Waals surface area contributed by atoms with E-state index in [1.54, 1.807) is 30.3 Å². The molecule has 3 rings (SSSR count). The summed E-state index contributed by atoms with van der Waals surface area (Å²) in [5.74, 6) is -1.63. The summed E-state index contributed by atoms with van der Waals surface area (Å²) in [6.45, 7) is 0. The molecule has 2 N–H and O–H groups in total. The van der Waals surface area contributed by atoms with Crippen LogP contribution in [0.1, 0.15) is 17.9 Å². The van der Waals surface area contributed by atoms with Crippen LogP contribution in [0.4, 0.5) is 0 Å². The first kappa shape index (κ1) is 15.5. The number of fused-ring (bicyclic) bond motifs is 2. The summed E-state index contributed by atoms with van der Waals surface area (Å²) in [6.07, 6.45) is -0.310. The summed E-state index contributed by atoms with van der Waals surface area (Å²) < 4.78 is 0. The number of amides is 1. The Kier molecular flexibility index (Phi) is 3.23. The predicted molar refractivity (Wildman–Crippen MR) is 81.3 cm³/mol. The number of nitrogens with zero attached hydrogens (tertiary/aromatic N) is 3. The molecule has 1 aliphatic heterocycles. The Morgan fingerprint density at radius 3 is 2.30 bits per heavy atom. The molecule has 6 nitrogen and oxygen atoms in total. The maximum absolute atomic E-state index is 12.5. The summed E-state index contributed by atoms with van der Waals surface area (Å²) in [5.41, 5.74) is -4.92. The minimum Gasteiger partial charge on any atom is -0.370 e. The molecule has 1 aromatic rings. The number of benzene rings is 1. The summed E-state index contributed by atoms with van der Waals surface area (Å²) in [4.78, 5) is 11.7. The number of rotatable bonds is 1. The largest absolute Gasteiger partial charge is 0.370 e. The number of hydrogen-bond donors (Lipinski definition) is 2. The highest BCUT2D eigenvalue weighted by Crippen LogP contribution is 2.63. The topological polar surface area (TPSA) is 121 Å². The Bertz CT molecular complexity index is 792. The average Bonchev–Trinajstić information content (AvgIpc) is 2.82. The van der Waals surface area contributed by atoms with Gasteiger partial charge in [-0.1, -0.05) is 46.3 Å². The fraction of sp³-hybridized carbons (Fsp3) is 0.375. The van der Waals surface area contributed by atoms with Gasteiger partial charge in [-0.2, -0.15) is 15.8 Å². The van der Waals surface area contributed by atoms with Crippen molar-refractivity contribution in [2.24, 2.45) is 10.8 Å². The SMILES string of the molecule is N#CC1(C#N)[C@@H](c2ccccc2)[C@H](Br)[C@]2(O)C[C@]1(C#N)C(=O)N2. The van der Waals surface area contributed by atoms with Gasteiger partial charge in [0.15, 0.2) is 16.6 Å². The monoisotopic (exact) mass is 370 g/mol. The van der Waals surface area contributed by atoms with Crippen LogP contribution in [0.3, 0.4) is 0 Å². The van der Waals surface area contributed by atoms with E-state index in [0.717, 1.165) is 0 Å². The molecule has 7 heteroatoms. The Balaban J connectivity index is 2.35. The van der Waals surface area contributed by atoms with Crippen molar-refractivity contribution in [3.05, 3.63) is 35.9 Å². The Hall–Kier alpha value is -2.40. The van der Waals surface area contributed by atoms with Gasteiger partial charge in [0.25, 0.3) is 0 Å². The van der Waals surface area contributed by atoms with E-state index in [4.69, 9.17) is 0 Å². The van der Waals surface area contributed by atoms with Gasteiger partial charge in [-0.3, -0.25) is 4.79 Å². The number of halogens is 1. The lowest BCUT2D eigenvalue weighted by Crippen LogP contribution is -2.58. The van der Waals surface area contributed by atoms with E-state index in [1.165, 1.54) is 0 Å². The lowest BCUT2D eigenvalue weighted by atomic mass is 9.51. The predicted octanol–water partition coefficient (Wildman–Crippen LogP) is 1.30. The quantitative estimate of drug-likeness (QED) is 0.721. The van der Waals surface area contributed by atoms with Crippen molar-refractivity contribution >= 4 is 21.8 Å². The highest BCUT2D eigenvalue weighted by Gasteiger charge is 2.76. The standard InChI is InChI=1S/C16H11BrN4O2/c17-12-11(10-4-2-1-3-5-10)15(8-19,9-20)14(7-18)6-16(12,23)21-13(14)22/h1-5,11-12,23H,6H2,(H,21,22)/t11-,12-,14-,16+/m0/s1. The van der Waals surface area contributed by atoms with E-state index in [2.05, 4.69) is 21.2 Å². The zero-order valence-corrected chi connectivity index (χ0v) is 13.4. The van der Waals surface area contributed by atoms with E-state index in [9.17, 15) is 25.7 Å². The van der Waals surface area contributed by atoms with Crippen molar-refractivity contribution < 1.29 is 9.90 Å². The van der Waals surface area contributed by atoms with Crippen molar-refractivity contribution in [2.45, 2.75) is 22.9 Å².